The molecule has 1 aliphatic carbocycles. The summed E-state index contributed by atoms with van der Waals surface area (Å²) in [6.45, 7) is 0.701. The fraction of sp³-hybridized carbons (Fsp3) is 0.0213. The van der Waals surface area contributed by atoms with Crippen molar-refractivity contribution in [2.75, 3.05) is 22.6 Å². The molecule has 0 saturated carbocycles. The van der Waals surface area contributed by atoms with Crippen molar-refractivity contribution in [3.8, 4) is 33.8 Å². The molecule has 3 N–H and O–H groups in total. The third-order valence-electron chi connectivity index (χ3n) is 10.2. The van der Waals surface area contributed by atoms with E-state index in [1.807, 2.05) is 48.5 Å². The van der Waals surface area contributed by atoms with Crippen molar-refractivity contribution in [3.63, 3.8) is 0 Å². The van der Waals surface area contributed by atoms with Crippen LogP contribution in [0.15, 0.2) is 176 Å². The molecule has 0 radical (unpaired) electrons. The van der Waals surface area contributed by atoms with Gasteiger partial charge in [-0.1, -0.05) is 115 Å². The van der Waals surface area contributed by atoms with Gasteiger partial charge in [-0.15, -0.1) is 0 Å². The van der Waals surface area contributed by atoms with E-state index in [9.17, 15) is 0 Å². The third-order valence-corrected chi connectivity index (χ3v) is 10.2. The van der Waals surface area contributed by atoms with Gasteiger partial charge in [0.15, 0.2) is 0 Å². The maximum atomic E-state index is 6.54. The number of allylic oxidation sites excluding steroid dienone is 2. The monoisotopic (exact) mass is 670 g/mol. The standard InChI is InChI=1S/C47H34N4O/c48-44-21-8-9-22-45(44)49-31-12-11-13-32(28-31)52-33-24-25-42-41-20-7-10-23-46(41)51(47(42)29-33)50-27-26-40-38-18-4-3-16-36(38)34-14-1-2-15-35(34)37-17-5-6-19-39(37)43(40)30-50/h1-26,28-30,49H,27,48H2. The Hall–Kier alpha value is -6.98. The fourth-order valence-corrected chi connectivity index (χ4v) is 7.84. The van der Waals surface area contributed by atoms with Gasteiger partial charge in [0.05, 0.1) is 29.0 Å². The van der Waals surface area contributed by atoms with E-state index >= 15 is 0 Å². The van der Waals surface area contributed by atoms with E-state index in [0.29, 0.717) is 12.2 Å². The summed E-state index contributed by atoms with van der Waals surface area (Å²) < 4.78 is 8.88. The van der Waals surface area contributed by atoms with Gasteiger partial charge >= 0.3 is 0 Å². The number of hydrogen-bond acceptors (Lipinski definition) is 4. The molecule has 0 atom stereocenters. The highest BCUT2D eigenvalue weighted by atomic mass is 16.5. The third kappa shape index (κ3) is 4.94. The summed E-state index contributed by atoms with van der Waals surface area (Å²) in [6, 6.07) is 57.1. The van der Waals surface area contributed by atoms with Crippen LogP contribution in [0.5, 0.6) is 11.5 Å². The first-order valence-electron chi connectivity index (χ1n) is 17.6. The van der Waals surface area contributed by atoms with Gasteiger partial charge in [0, 0.05) is 40.4 Å². The van der Waals surface area contributed by atoms with Crippen LogP contribution in [-0.2, 0) is 0 Å². The summed E-state index contributed by atoms with van der Waals surface area (Å²) in [5.41, 5.74) is 20.8. The minimum absolute atomic E-state index is 0.693. The molecular formula is C47H34N4O. The largest absolute Gasteiger partial charge is 0.457 e. The number of nitrogens with one attached hydrogen (secondary N) is 1. The second-order valence-electron chi connectivity index (χ2n) is 13.3. The van der Waals surface area contributed by atoms with Crippen molar-refractivity contribution >= 4 is 50.0 Å². The first-order chi connectivity index (χ1) is 25.7. The molecular weight excluding hydrogens is 637 g/mol. The van der Waals surface area contributed by atoms with Crippen LogP contribution < -0.4 is 20.8 Å². The van der Waals surface area contributed by atoms with Crippen LogP contribution in [-0.4, -0.2) is 11.2 Å². The first-order valence-corrected chi connectivity index (χ1v) is 17.6. The number of nitrogens with zero attached hydrogens (tertiary/aromatic N) is 2. The van der Waals surface area contributed by atoms with Crippen LogP contribution in [0.3, 0.4) is 0 Å². The molecule has 7 aromatic carbocycles. The Kier molecular flexibility index (Phi) is 6.96. The fourth-order valence-electron chi connectivity index (χ4n) is 7.84. The molecule has 0 saturated heterocycles. The average molecular weight is 671 g/mol. The van der Waals surface area contributed by atoms with Crippen molar-refractivity contribution in [1.82, 2.24) is 4.68 Å². The van der Waals surface area contributed by atoms with E-state index in [0.717, 1.165) is 33.9 Å². The Balaban J connectivity index is 1.09. The topological polar surface area (TPSA) is 55.5 Å². The molecule has 8 aromatic rings. The van der Waals surface area contributed by atoms with Gasteiger partial charge in [-0.2, -0.15) is 0 Å². The molecule has 5 nitrogen and oxygen atoms in total. The smallest absolute Gasteiger partial charge is 0.129 e. The number of benzene rings is 7. The van der Waals surface area contributed by atoms with Crippen LogP contribution in [0.2, 0.25) is 0 Å². The maximum absolute atomic E-state index is 6.54. The number of nitrogens with two attached hydrogens (primary N) is 1. The van der Waals surface area contributed by atoms with Gasteiger partial charge in [0.25, 0.3) is 0 Å². The van der Waals surface area contributed by atoms with Crippen LogP contribution >= 0.6 is 0 Å². The highest BCUT2D eigenvalue weighted by Gasteiger charge is 2.27. The van der Waals surface area contributed by atoms with E-state index in [1.54, 1.807) is 0 Å². The first kappa shape index (κ1) is 29.9. The zero-order chi connectivity index (χ0) is 34.6. The van der Waals surface area contributed by atoms with Crippen molar-refractivity contribution < 1.29 is 4.74 Å². The predicted molar refractivity (Wildman–Crippen MR) is 216 cm³/mol. The number of nitrogen functional groups attached to an aromatic ring is 1. The maximum Gasteiger partial charge on any atom is 0.129 e. The van der Waals surface area contributed by atoms with Gasteiger partial charge in [-0.25, -0.2) is 0 Å². The Labute approximate surface area is 302 Å². The lowest BCUT2D eigenvalue weighted by atomic mass is 9.79. The predicted octanol–water partition coefficient (Wildman–Crippen LogP) is 11.6. The van der Waals surface area contributed by atoms with Gasteiger partial charge in [-0.05, 0) is 81.4 Å². The second kappa shape index (κ2) is 12.1. The summed E-state index contributed by atoms with van der Waals surface area (Å²) in [5.74, 6) is 1.50. The van der Waals surface area contributed by atoms with E-state index in [1.165, 1.54) is 55.3 Å². The quantitative estimate of drug-likeness (QED) is 0.179. The molecule has 0 unspecified atom stereocenters. The summed E-state index contributed by atoms with van der Waals surface area (Å²) in [4.78, 5) is 0. The molecule has 2 aliphatic rings. The number of rotatable bonds is 5. The lowest BCUT2D eigenvalue weighted by Gasteiger charge is -2.32. The van der Waals surface area contributed by atoms with Gasteiger partial charge in [0.2, 0.25) is 0 Å². The molecule has 10 rings (SSSR count). The van der Waals surface area contributed by atoms with Crippen LogP contribution in [0.4, 0.5) is 17.1 Å². The molecule has 0 spiro atoms. The van der Waals surface area contributed by atoms with Gasteiger partial charge in [-0.3, -0.25) is 9.69 Å². The summed E-state index contributed by atoms with van der Waals surface area (Å²) in [5, 5.41) is 8.13. The van der Waals surface area contributed by atoms with E-state index < -0.39 is 0 Å². The average Bonchev–Trinajstić information content (AvgIpc) is 3.52. The van der Waals surface area contributed by atoms with Crippen LogP contribution in [0, 0.1) is 0 Å². The molecule has 5 heteroatoms. The van der Waals surface area contributed by atoms with Gasteiger partial charge < -0.3 is 15.8 Å². The van der Waals surface area contributed by atoms with E-state index in [-0.39, 0.29) is 0 Å². The SMILES string of the molecule is Nc1ccccc1Nc1cccc(Oc2ccc3c4ccccc4n(N4C=C5C(=CC4)c4ccccc4-c4ccccc4-c4ccccc45)c3c2)c1. The normalized spacial score (nSPS) is 13.2. The Bertz CT molecular complexity index is 2750. The minimum Gasteiger partial charge on any atom is -0.457 e. The lowest BCUT2D eigenvalue weighted by molar-refractivity contribution is 0.483. The lowest BCUT2D eigenvalue weighted by Crippen LogP contribution is -2.31. The van der Waals surface area contributed by atoms with Crippen molar-refractivity contribution in [3.05, 3.63) is 187 Å². The second-order valence-corrected chi connectivity index (χ2v) is 13.3. The molecule has 1 aliphatic heterocycles. The Morgan fingerprint density at radius 2 is 1.10 bits per heavy atom. The zero-order valence-corrected chi connectivity index (χ0v) is 28.3. The molecule has 248 valence electrons. The molecule has 2 heterocycles. The highest BCUT2D eigenvalue weighted by Crippen LogP contribution is 2.47. The molecule has 0 bridgehead atoms. The van der Waals surface area contributed by atoms with E-state index in [4.69, 9.17) is 10.5 Å². The molecule has 0 amide bonds. The Morgan fingerprint density at radius 1 is 0.500 bits per heavy atom. The number of fused-ring (bicyclic) bond motifs is 11. The minimum atomic E-state index is 0.693. The van der Waals surface area contributed by atoms with Crippen molar-refractivity contribution in [1.29, 1.82) is 0 Å². The molecule has 52 heavy (non-hydrogen) atoms. The number of hydrogen-bond donors (Lipinski definition) is 2. The zero-order valence-electron chi connectivity index (χ0n) is 28.3. The summed E-state index contributed by atoms with van der Waals surface area (Å²) in [6.07, 6.45) is 4.72. The van der Waals surface area contributed by atoms with Crippen molar-refractivity contribution in [2.24, 2.45) is 0 Å². The summed E-state index contributed by atoms with van der Waals surface area (Å²) >= 11 is 0. The Morgan fingerprint density at radius 3 is 1.85 bits per heavy atom. The molecule has 0 fully saturated rings. The molecule has 1 aromatic heterocycles. The summed E-state index contributed by atoms with van der Waals surface area (Å²) in [7, 11) is 0. The highest BCUT2D eigenvalue weighted by molar-refractivity contribution is 6.14. The van der Waals surface area contributed by atoms with Gasteiger partial charge in [0.1, 0.15) is 11.5 Å². The number of para-hydroxylation sites is 3. The van der Waals surface area contributed by atoms with Crippen LogP contribution in [0.1, 0.15) is 11.1 Å². The number of anilines is 3. The van der Waals surface area contributed by atoms with Crippen LogP contribution in [0.25, 0.3) is 55.2 Å². The number of ether oxygens (including phenoxy) is 1. The van der Waals surface area contributed by atoms with E-state index in [2.05, 4.69) is 143 Å². The van der Waals surface area contributed by atoms with Crippen molar-refractivity contribution in [2.45, 2.75) is 0 Å². The number of aromatic nitrogens is 1.